The summed E-state index contributed by atoms with van der Waals surface area (Å²) < 4.78 is 0. The molecule has 1 aromatic carbocycles. The number of imide groups is 1. The fraction of sp³-hybridized carbons (Fsp3) is 0.0909. The quantitative estimate of drug-likeness (QED) is 0.683. The zero-order valence-corrected chi connectivity index (χ0v) is 8.09. The third kappa shape index (κ3) is 1.50. The molecule has 0 aromatic heterocycles. The summed E-state index contributed by atoms with van der Waals surface area (Å²) in [6.45, 7) is 3.51. The van der Waals surface area contributed by atoms with E-state index in [4.69, 9.17) is 0 Å². The van der Waals surface area contributed by atoms with Crippen molar-refractivity contribution >= 4 is 17.6 Å². The van der Waals surface area contributed by atoms with Crippen molar-refractivity contribution in [2.24, 2.45) is 0 Å². The average molecular weight is 202 g/mol. The molecule has 4 heteroatoms. The molecule has 1 aromatic rings. The molecule has 0 N–H and O–H groups in total. The van der Waals surface area contributed by atoms with Crippen molar-refractivity contribution in [1.29, 1.82) is 0 Å². The summed E-state index contributed by atoms with van der Waals surface area (Å²) in [5, 5.41) is 0. The van der Waals surface area contributed by atoms with Crippen molar-refractivity contribution in [3.05, 3.63) is 43.1 Å². The molecular formula is C11H10N2O2. The number of rotatable bonds is 2. The van der Waals surface area contributed by atoms with Crippen LogP contribution in [0.25, 0.3) is 0 Å². The minimum atomic E-state index is -0.346. The van der Waals surface area contributed by atoms with Crippen molar-refractivity contribution in [3.63, 3.8) is 0 Å². The molecule has 1 fully saturated rings. The van der Waals surface area contributed by atoms with Crippen molar-refractivity contribution in [2.75, 3.05) is 11.4 Å². The van der Waals surface area contributed by atoms with Crippen LogP contribution in [-0.4, -0.2) is 23.4 Å². The molecule has 3 amide bonds. The molecule has 0 radical (unpaired) electrons. The van der Waals surface area contributed by atoms with Crippen molar-refractivity contribution in [3.8, 4) is 0 Å². The molecule has 0 spiro atoms. The Morgan fingerprint density at radius 1 is 1.20 bits per heavy atom. The van der Waals surface area contributed by atoms with Gasteiger partial charge >= 0.3 is 6.03 Å². The monoisotopic (exact) mass is 202 g/mol. The van der Waals surface area contributed by atoms with Crippen LogP contribution in [-0.2, 0) is 4.79 Å². The van der Waals surface area contributed by atoms with Gasteiger partial charge in [-0.25, -0.2) is 9.69 Å². The number of nitrogens with zero attached hydrogens (tertiary/aromatic N) is 2. The van der Waals surface area contributed by atoms with Crippen LogP contribution in [0.5, 0.6) is 0 Å². The van der Waals surface area contributed by atoms with E-state index in [0.29, 0.717) is 0 Å². The highest BCUT2D eigenvalue weighted by Crippen LogP contribution is 2.20. The molecule has 0 saturated carbocycles. The van der Waals surface area contributed by atoms with E-state index in [2.05, 4.69) is 6.58 Å². The van der Waals surface area contributed by atoms with Crippen molar-refractivity contribution in [2.45, 2.75) is 0 Å². The Morgan fingerprint density at radius 3 is 2.40 bits per heavy atom. The highest BCUT2D eigenvalue weighted by atomic mass is 16.2. The standard InChI is InChI=1S/C11H10N2O2/c1-2-12-10(14)8-13(11(12)15)9-6-4-3-5-7-9/h2-7H,1,8H2. The van der Waals surface area contributed by atoms with Gasteiger partial charge in [0, 0.05) is 11.9 Å². The number of benzene rings is 1. The molecule has 1 heterocycles. The molecule has 0 unspecified atom stereocenters. The van der Waals surface area contributed by atoms with E-state index < -0.39 is 0 Å². The lowest BCUT2D eigenvalue weighted by Crippen LogP contribution is -2.28. The molecule has 2 rings (SSSR count). The lowest BCUT2D eigenvalue weighted by Gasteiger charge is -2.14. The summed E-state index contributed by atoms with van der Waals surface area (Å²) in [5.74, 6) is -0.251. The van der Waals surface area contributed by atoms with Crippen LogP contribution in [0, 0.1) is 0 Å². The van der Waals surface area contributed by atoms with Gasteiger partial charge in [-0.1, -0.05) is 24.8 Å². The zero-order valence-electron chi connectivity index (χ0n) is 8.09. The number of hydrogen-bond acceptors (Lipinski definition) is 2. The van der Waals surface area contributed by atoms with E-state index in [1.807, 2.05) is 18.2 Å². The van der Waals surface area contributed by atoms with Crippen LogP contribution >= 0.6 is 0 Å². The number of urea groups is 1. The summed E-state index contributed by atoms with van der Waals surface area (Å²) in [6, 6.07) is 8.74. The Bertz CT molecular complexity index is 414. The fourth-order valence-corrected chi connectivity index (χ4v) is 1.51. The maximum Gasteiger partial charge on any atom is 0.335 e. The Kier molecular flexibility index (Phi) is 2.25. The van der Waals surface area contributed by atoms with Crippen LogP contribution in [0.15, 0.2) is 43.1 Å². The van der Waals surface area contributed by atoms with Crippen LogP contribution in [0.2, 0.25) is 0 Å². The van der Waals surface area contributed by atoms with E-state index in [0.717, 1.165) is 10.6 Å². The Balaban J connectivity index is 2.31. The Morgan fingerprint density at radius 2 is 1.87 bits per heavy atom. The van der Waals surface area contributed by atoms with Crippen molar-refractivity contribution in [1.82, 2.24) is 4.90 Å². The van der Waals surface area contributed by atoms with Gasteiger partial charge in [0.25, 0.3) is 5.91 Å². The highest BCUT2D eigenvalue weighted by Gasteiger charge is 2.34. The first-order valence-corrected chi connectivity index (χ1v) is 4.55. The lowest BCUT2D eigenvalue weighted by atomic mass is 10.3. The van der Waals surface area contributed by atoms with Crippen molar-refractivity contribution < 1.29 is 9.59 Å². The summed E-state index contributed by atoms with van der Waals surface area (Å²) >= 11 is 0. The summed E-state index contributed by atoms with van der Waals surface area (Å²) in [6.07, 6.45) is 1.24. The van der Waals surface area contributed by atoms with Gasteiger partial charge in [-0.3, -0.25) is 9.69 Å². The van der Waals surface area contributed by atoms with Gasteiger partial charge in [0.15, 0.2) is 0 Å². The molecule has 0 atom stereocenters. The number of para-hydroxylation sites is 1. The van der Waals surface area contributed by atoms with Gasteiger partial charge in [-0.2, -0.15) is 0 Å². The number of anilines is 1. The third-order valence-electron chi connectivity index (χ3n) is 2.25. The van der Waals surface area contributed by atoms with E-state index >= 15 is 0 Å². The number of carbonyl (C=O) groups excluding carboxylic acids is 2. The van der Waals surface area contributed by atoms with Gasteiger partial charge in [0.1, 0.15) is 6.54 Å². The van der Waals surface area contributed by atoms with Gasteiger partial charge in [0.2, 0.25) is 0 Å². The molecule has 4 nitrogen and oxygen atoms in total. The highest BCUT2D eigenvalue weighted by molar-refractivity contribution is 6.12. The minimum Gasteiger partial charge on any atom is -0.284 e. The second-order valence-electron chi connectivity index (χ2n) is 3.15. The molecular weight excluding hydrogens is 192 g/mol. The van der Waals surface area contributed by atoms with E-state index in [1.165, 1.54) is 11.1 Å². The Labute approximate surface area is 87.4 Å². The molecule has 15 heavy (non-hydrogen) atoms. The second-order valence-corrected chi connectivity index (χ2v) is 3.15. The lowest BCUT2D eigenvalue weighted by molar-refractivity contribution is -0.123. The number of amides is 3. The molecule has 1 aliphatic heterocycles. The molecule has 1 aliphatic rings. The summed E-state index contributed by atoms with van der Waals surface area (Å²) in [5.41, 5.74) is 0.722. The zero-order chi connectivity index (χ0) is 10.8. The van der Waals surface area contributed by atoms with Crippen LogP contribution < -0.4 is 4.90 Å². The second kappa shape index (κ2) is 3.57. The fourth-order valence-electron chi connectivity index (χ4n) is 1.51. The number of carbonyl (C=O) groups is 2. The van der Waals surface area contributed by atoms with E-state index in [9.17, 15) is 9.59 Å². The smallest absolute Gasteiger partial charge is 0.284 e. The van der Waals surface area contributed by atoms with Gasteiger partial charge < -0.3 is 0 Å². The first kappa shape index (κ1) is 9.45. The normalized spacial score (nSPS) is 16.0. The predicted octanol–water partition coefficient (Wildman–Crippen LogP) is 1.60. The van der Waals surface area contributed by atoms with Crippen LogP contribution in [0.3, 0.4) is 0 Å². The van der Waals surface area contributed by atoms with Crippen LogP contribution in [0.1, 0.15) is 0 Å². The summed E-state index contributed by atoms with van der Waals surface area (Å²) in [4.78, 5) is 25.5. The van der Waals surface area contributed by atoms with E-state index in [1.54, 1.807) is 12.1 Å². The molecule has 1 saturated heterocycles. The largest absolute Gasteiger partial charge is 0.335 e. The molecule has 76 valence electrons. The topological polar surface area (TPSA) is 40.6 Å². The van der Waals surface area contributed by atoms with Gasteiger partial charge in [-0.05, 0) is 12.1 Å². The first-order chi connectivity index (χ1) is 7.24. The van der Waals surface area contributed by atoms with Gasteiger partial charge in [-0.15, -0.1) is 0 Å². The van der Waals surface area contributed by atoms with E-state index in [-0.39, 0.29) is 18.5 Å². The predicted molar refractivity (Wildman–Crippen MR) is 56.2 cm³/mol. The maximum atomic E-state index is 11.7. The SMILES string of the molecule is C=CN1C(=O)CN(c2ccccc2)C1=O. The molecule has 0 bridgehead atoms. The van der Waals surface area contributed by atoms with Gasteiger partial charge in [0.05, 0.1) is 0 Å². The molecule has 0 aliphatic carbocycles. The summed E-state index contributed by atoms with van der Waals surface area (Å²) in [7, 11) is 0. The minimum absolute atomic E-state index is 0.0782. The Hall–Kier alpha value is -2.10. The number of hydrogen-bond donors (Lipinski definition) is 0. The third-order valence-corrected chi connectivity index (χ3v) is 2.25. The average Bonchev–Trinajstić information content (AvgIpc) is 2.55. The van der Waals surface area contributed by atoms with Crippen LogP contribution in [0.4, 0.5) is 10.5 Å². The first-order valence-electron chi connectivity index (χ1n) is 4.55. The maximum absolute atomic E-state index is 11.7.